The molecular weight excluding hydrogens is 424 g/mol. The van der Waals surface area contributed by atoms with Gasteiger partial charge in [-0.3, -0.25) is 14.6 Å². The lowest BCUT2D eigenvalue weighted by Crippen LogP contribution is -2.43. The minimum atomic E-state index is -3.55. The SMILES string of the molecule is CSc1ccccc1NC(=O)C(=O)NCC1CCN(S(=O)(=O)c2cccnc2)CC1. The van der Waals surface area contributed by atoms with Crippen LogP contribution >= 0.6 is 11.8 Å². The van der Waals surface area contributed by atoms with Gasteiger partial charge in [-0.2, -0.15) is 4.31 Å². The van der Waals surface area contributed by atoms with Gasteiger partial charge in [0.25, 0.3) is 0 Å². The minimum absolute atomic E-state index is 0.112. The first-order valence-corrected chi connectivity index (χ1v) is 12.2. The van der Waals surface area contributed by atoms with Gasteiger partial charge in [0, 0.05) is 36.9 Å². The molecule has 2 N–H and O–H groups in total. The number of thioether (sulfide) groups is 1. The molecule has 30 heavy (non-hydrogen) atoms. The average molecular weight is 449 g/mol. The van der Waals surface area contributed by atoms with Crippen LogP contribution in [-0.2, 0) is 19.6 Å². The van der Waals surface area contributed by atoms with Crippen LogP contribution < -0.4 is 10.6 Å². The molecule has 3 rings (SSSR count). The molecule has 8 nitrogen and oxygen atoms in total. The number of carbonyl (C=O) groups excluding carboxylic acids is 2. The van der Waals surface area contributed by atoms with Crippen molar-refractivity contribution in [3.05, 3.63) is 48.8 Å². The predicted molar refractivity (Wildman–Crippen MR) is 116 cm³/mol. The molecule has 0 saturated carbocycles. The summed E-state index contributed by atoms with van der Waals surface area (Å²) in [5, 5.41) is 5.29. The van der Waals surface area contributed by atoms with E-state index in [-0.39, 0.29) is 10.8 Å². The highest BCUT2D eigenvalue weighted by atomic mass is 32.2. The molecule has 0 unspecified atom stereocenters. The second-order valence-corrected chi connectivity index (χ2v) is 9.69. The van der Waals surface area contributed by atoms with E-state index in [0.717, 1.165) is 4.90 Å². The maximum absolute atomic E-state index is 12.6. The summed E-state index contributed by atoms with van der Waals surface area (Å²) in [7, 11) is -3.55. The molecule has 1 aromatic heterocycles. The molecule has 0 aliphatic carbocycles. The van der Waals surface area contributed by atoms with Crippen LogP contribution in [0.4, 0.5) is 5.69 Å². The number of aromatic nitrogens is 1. The zero-order valence-electron chi connectivity index (χ0n) is 16.6. The van der Waals surface area contributed by atoms with Crippen molar-refractivity contribution in [2.24, 2.45) is 5.92 Å². The number of nitrogens with one attached hydrogen (secondary N) is 2. The predicted octanol–water partition coefficient (Wildman–Crippen LogP) is 1.96. The van der Waals surface area contributed by atoms with Gasteiger partial charge in [0.05, 0.1) is 5.69 Å². The van der Waals surface area contributed by atoms with Crippen LogP contribution in [-0.4, -0.2) is 55.4 Å². The van der Waals surface area contributed by atoms with Gasteiger partial charge in [-0.05, 0) is 49.3 Å². The summed E-state index contributed by atoms with van der Waals surface area (Å²) in [4.78, 5) is 29.3. The number of hydrogen-bond donors (Lipinski definition) is 2. The maximum Gasteiger partial charge on any atom is 0.313 e. The van der Waals surface area contributed by atoms with Crippen molar-refractivity contribution in [1.82, 2.24) is 14.6 Å². The topological polar surface area (TPSA) is 108 Å². The maximum atomic E-state index is 12.6. The fraction of sp³-hybridized carbons (Fsp3) is 0.350. The minimum Gasteiger partial charge on any atom is -0.348 e. The van der Waals surface area contributed by atoms with Gasteiger partial charge in [-0.1, -0.05) is 12.1 Å². The Labute approximate surface area is 180 Å². The molecule has 2 amide bonds. The lowest BCUT2D eigenvalue weighted by atomic mass is 9.98. The number of amides is 2. The zero-order chi connectivity index (χ0) is 21.6. The van der Waals surface area contributed by atoms with Crippen molar-refractivity contribution in [3.8, 4) is 0 Å². The van der Waals surface area contributed by atoms with Crippen LogP contribution in [0.2, 0.25) is 0 Å². The number of anilines is 1. The van der Waals surface area contributed by atoms with E-state index in [1.54, 1.807) is 18.2 Å². The third-order valence-corrected chi connectivity index (χ3v) is 7.64. The Kier molecular flexibility index (Phi) is 7.46. The lowest BCUT2D eigenvalue weighted by molar-refractivity contribution is -0.136. The quantitative estimate of drug-likeness (QED) is 0.517. The Morgan fingerprint density at radius 1 is 1.13 bits per heavy atom. The lowest BCUT2D eigenvalue weighted by Gasteiger charge is -2.31. The van der Waals surface area contributed by atoms with Gasteiger partial charge < -0.3 is 10.6 Å². The van der Waals surface area contributed by atoms with Gasteiger partial charge >= 0.3 is 11.8 Å². The van der Waals surface area contributed by atoms with Crippen LogP contribution in [0.15, 0.2) is 58.6 Å². The molecule has 1 saturated heterocycles. The molecule has 0 atom stereocenters. The number of sulfonamides is 1. The number of nitrogens with zero attached hydrogens (tertiary/aromatic N) is 2. The van der Waals surface area contributed by atoms with Gasteiger partial charge in [0.2, 0.25) is 10.0 Å². The van der Waals surface area contributed by atoms with Gasteiger partial charge in [-0.15, -0.1) is 11.8 Å². The van der Waals surface area contributed by atoms with Crippen molar-refractivity contribution in [3.63, 3.8) is 0 Å². The second kappa shape index (κ2) is 10.1. The van der Waals surface area contributed by atoms with E-state index >= 15 is 0 Å². The van der Waals surface area contributed by atoms with Crippen molar-refractivity contribution >= 4 is 39.3 Å². The van der Waals surface area contributed by atoms with Crippen LogP contribution in [0, 0.1) is 5.92 Å². The number of para-hydroxylation sites is 1. The van der Waals surface area contributed by atoms with Gasteiger partial charge in [-0.25, -0.2) is 8.42 Å². The van der Waals surface area contributed by atoms with E-state index in [4.69, 9.17) is 0 Å². The first-order chi connectivity index (χ1) is 14.4. The highest BCUT2D eigenvalue weighted by molar-refractivity contribution is 7.98. The molecule has 160 valence electrons. The molecule has 0 bridgehead atoms. The van der Waals surface area contributed by atoms with Crippen molar-refractivity contribution < 1.29 is 18.0 Å². The Hall–Kier alpha value is -2.43. The summed E-state index contributed by atoms with van der Waals surface area (Å²) in [5.41, 5.74) is 0.596. The van der Waals surface area contributed by atoms with E-state index in [0.29, 0.717) is 38.2 Å². The van der Waals surface area contributed by atoms with E-state index in [1.165, 1.54) is 34.5 Å². The van der Waals surface area contributed by atoms with Crippen LogP contribution in [0.25, 0.3) is 0 Å². The van der Waals surface area contributed by atoms with Crippen LogP contribution in [0.5, 0.6) is 0 Å². The molecule has 0 spiro atoms. The standard InChI is InChI=1S/C20H24N4O4S2/c1-29-18-7-3-2-6-17(18)23-20(26)19(25)22-13-15-8-11-24(12-9-15)30(27,28)16-5-4-10-21-14-16/h2-7,10,14-15H,8-9,11-13H2,1H3,(H,22,25)(H,23,26). The number of piperidine rings is 1. The number of rotatable bonds is 6. The zero-order valence-corrected chi connectivity index (χ0v) is 18.2. The molecular formula is C20H24N4O4S2. The third kappa shape index (κ3) is 5.38. The van der Waals surface area contributed by atoms with Gasteiger partial charge in [0.1, 0.15) is 4.90 Å². The largest absolute Gasteiger partial charge is 0.348 e. The van der Waals surface area contributed by atoms with Crippen LogP contribution in [0.3, 0.4) is 0 Å². The average Bonchev–Trinajstić information content (AvgIpc) is 2.78. The van der Waals surface area contributed by atoms with E-state index in [1.807, 2.05) is 18.4 Å². The number of benzene rings is 1. The first-order valence-electron chi connectivity index (χ1n) is 9.54. The molecule has 10 heteroatoms. The molecule has 1 aliphatic heterocycles. The van der Waals surface area contributed by atoms with Crippen molar-refractivity contribution in [2.75, 3.05) is 31.2 Å². The Morgan fingerprint density at radius 3 is 2.53 bits per heavy atom. The molecule has 0 radical (unpaired) electrons. The number of carbonyl (C=O) groups is 2. The summed E-state index contributed by atoms with van der Waals surface area (Å²) in [6, 6.07) is 10.4. The number of hydrogen-bond acceptors (Lipinski definition) is 6. The van der Waals surface area contributed by atoms with E-state index in [9.17, 15) is 18.0 Å². The van der Waals surface area contributed by atoms with Gasteiger partial charge in [0.15, 0.2) is 0 Å². The first kappa shape index (κ1) is 22.3. The smallest absolute Gasteiger partial charge is 0.313 e. The molecule has 2 aromatic rings. The number of pyridine rings is 1. The summed E-state index contributed by atoms with van der Waals surface area (Å²) < 4.78 is 26.7. The molecule has 2 heterocycles. The summed E-state index contributed by atoms with van der Waals surface area (Å²) in [5.74, 6) is -1.30. The normalized spacial score (nSPS) is 15.5. The fourth-order valence-electron chi connectivity index (χ4n) is 3.25. The third-order valence-electron chi connectivity index (χ3n) is 4.96. The molecule has 1 fully saturated rings. The summed E-state index contributed by atoms with van der Waals surface area (Å²) in [6.07, 6.45) is 5.98. The fourth-order valence-corrected chi connectivity index (χ4v) is 5.23. The van der Waals surface area contributed by atoms with Crippen molar-refractivity contribution in [1.29, 1.82) is 0 Å². The van der Waals surface area contributed by atoms with E-state index < -0.39 is 21.8 Å². The summed E-state index contributed by atoms with van der Waals surface area (Å²) >= 11 is 1.48. The highest BCUT2D eigenvalue weighted by Gasteiger charge is 2.30. The summed E-state index contributed by atoms with van der Waals surface area (Å²) in [6.45, 7) is 1.06. The molecule has 1 aromatic carbocycles. The monoisotopic (exact) mass is 448 g/mol. The Morgan fingerprint density at radius 2 is 1.87 bits per heavy atom. The Balaban J connectivity index is 1.47. The highest BCUT2D eigenvalue weighted by Crippen LogP contribution is 2.25. The second-order valence-electron chi connectivity index (χ2n) is 6.90. The Bertz CT molecular complexity index is 991. The van der Waals surface area contributed by atoms with Crippen molar-refractivity contribution in [2.45, 2.75) is 22.6 Å². The van der Waals surface area contributed by atoms with Crippen LogP contribution in [0.1, 0.15) is 12.8 Å². The van der Waals surface area contributed by atoms with E-state index in [2.05, 4.69) is 15.6 Å². The molecule has 1 aliphatic rings.